The molecule has 0 fully saturated rings. The summed E-state index contributed by atoms with van der Waals surface area (Å²) in [7, 11) is 1.80. The Morgan fingerprint density at radius 3 is 2.18 bits per heavy atom. The van der Waals surface area contributed by atoms with Crippen LogP contribution in [0.1, 0.15) is 70.0 Å². The van der Waals surface area contributed by atoms with Crippen molar-refractivity contribution in [2.24, 2.45) is 5.92 Å². The Morgan fingerprint density at radius 1 is 1.05 bits per heavy atom. The molecule has 0 spiro atoms. The van der Waals surface area contributed by atoms with Crippen molar-refractivity contribution in [2.75, 3.05) is 7.11 Å². The molecule has 0 aliphatic rings. The first-order chi connectivity index (χ1) is 10.7. The second-order valence-corrected chi connectivity index (χ2v) is 6.93. The van der Waals surface area contributed by atoms with E-state index in [0.29, 0.717) is 5.92 Å². The van der Waals surface area contributed by atoms with Gasteiger partial charge in [0.05, 0.1) is 6.10 Å². The van der Waals surface area contributed by atoms with Crippen LogP contribution in [0.3, 0.4) is 0 Å². The zero-order valence-corrected chi connectivity index (χ0v) is 15.8. The highest BCUT2D eigenvalue weighted by Crippen LogP contribution is 2.31. The summed E-state index contributed by atoms with van der Waals surface area (Å²) in [5, 5.41) is 0. The molecule has 22 heavy (non-hydrogen) atoms. The summed E-state index contributed by atoms with van der Waals surface area (Å²) in [5.74, 6) is 0.391. The molecule has 0 unspecified atom stereocenters. The van der Waals surface area contributed by atoms with Crippen LogP contribution in [-0.2, 0) is 4.74 Å². The lowest BCUT2D eigenvalue weighted by Crippen LogP contribution is -2.13. The maximum atomic E-state index is 5.75. The Kier molecular flexibility index (Phi) is 10.5. The molecule has 0 aliphatic carbocycles. The summed E-state index contributed by atoms with van der Waals surface area (Å²) in [6.07, 6.45) is 12.8. The summed E-state index contributed by atoms with van der Waals surface area (Å²) in [6.45, 7) is 6.29. The lowest BCUT2D eigenvalue weighted by atomic mass is 9.90. The topological polar surface area (TPSA) is 9.23 Å². The zero-order valence-electron chi connectivity index (χ0n) is 14.2. The number of unbranched alkanes of at least 4 members (excludes halogenated alkanes) is 6. The Hall–Kier alpha value is -0.600. The van der Waals surface area contributed by atoms with Gasteiger partial charge in [-0.25, -0.2) is 0 Å². The predicted molar refractivity (Wildman–Crippen MR) is 100 cm³/mol. The number of halogens is 1. The van der Waals surface area contributed by atoms with E-state index in [1.807, 2.05) is 0 Å². The van der Waals surface area contributed by atoms with Gasteiger partial charge in [-0.2, -0.15) is 0 Å². The molecule has 1 nitrogen and oxygen atoms in total. The van der Waals surface area contributed by atoms with Gasteiger partial charge in [0.25, 0.3) is 0 Å². The number of methoxy groups -OCH3 is 1. The van der Waals surface area contributed by atoms with E-state index in [1.165, 1.54) is 50.5 Å². The first-order valence-electron chi connectivity index (χ1n) is 8.63. The summed E-state index contributed by atoms with van der Waals surface area (Å²) < 4.78 is 6.86. The van der Waals surface area contributed by atoms with E-state index in [9.17, 15) is 0 Å². The largest absolute Gasteiger partial charge is 0.376 e. The number of hydrogen-bond acceptors (Lipinski definition) is 1. The summed E-state index contributed by atoms with van der Waals surface area (Å²) >= 11 is 3.49. The second kappa shape index (κ2) is 11.9. The average molecular weight is 367 g/mol. The fourth-order valence-corrected chi connectivity index (χ4v) is 3.20. The van der Waals surface area contributed by atoms with E-state index in [2.05, 4.69) is 59.8 Å². The highest BCUT2D eigenvalue weighted by atomic mass is 79.9. The summed E-state index contributed by atoms with van der Waals surface area (Å²) in [6, 6.07) is 8.43. The van der Waals surface area contributed by atoms with Crippen LogP contribution in [0.5, 0.6) is 0 Å². The molecule has 0 saturated carbocycles. The molecule has 0 aromatic heterocycles. The van der Waals surface area contributed by atoms with Crippen molar-refractivity contribution in [1.82, 2.24) is 0 Å². The number of rotatable bonds is 12. The van der Waals surface area contributed by atoms with Crippen molar-refractivity contribution in [1.29, 1.82) is 0 Å². The predicted octanol–water partition coefficient (Wildman–Crippen LogP) is 7.08. The standard InChI is InChI=1S/C20H31BrO/c1-4-6-7-8-9-10-11-12-17(5-2)20(22-3)18-13-15-19(21)16-14-18/h5,13-17,20H,2,4,6-12H2,1,3H3/t17-,20-/m0/s1. The highest BCUT2D eigenvalue weighted by molar-refractivity contribution is 9.10. The van der Waals surface area contributed by atoms with Crippen LogP contribution in [0.25, 0.3) is 0 Å². The first kappa shape index (κ1) is 19.4. The molecule has 1 aromatic rings. The average Bonchev–Trinajstić information content (AvgIpc) is 2.54. The zero-order chi connectivity index (χ0) is 16.2. The lowest BCUT2D eigenvalue weighted by Gasteiger charge is -2.24. The molecule has 0 aliphatic heterocycles. The SMILES string of the molecule is C=C[C@@H](CCCCCCCCC)[C@H](OC)c1ccc(Br)cc1. The van der Waals surface area contributed by atoms with Crippen molar-refractivity contribution >= 4 is 15.9 Å². The molecule has 1 rings (SSSR count). The maximum Gasteiger partial charge on any atom is 0.0883 e. The smallest absolute Gasteiger partial charge is 0.0883 e. The van der Waals surface area contributed by atoms with Crippen LogP contribution in [0.2, 0.25) is 0 Å². The molecule has 0 radical (unpaired) electrons. The van der Waals surface area contributed by atoms with E-state index >= 15 is 0 Å². The van der Waals surface area contributed by atoms with E-state index in [1.54, 1.807) is 7.11 Å². The molecule has 0 saturated heterocycles. The Bertz CT molecular complexity index is 399. The van der Waals surface area contributed by atoms with Gasteiger partial charge in [0.15, 0.2) is 0 Å². The first-order valence-corrected chi connectivity index (χ1v) is 9.43. The van der Waals surface area contributed by atoms with Crippen molar-refractivity contribution in [2.45, 2.75) is 64.4 Å². The Morgan fingerprint density at radius 2 is 1.64 bits per heavy atom. The Labute approximate surface area is 145 Å². The minimum atomic E-state index is 0.116. The van der Waals surface area contributed by atoms with E-state index in [4.69, 9.17) is 4.74 Å². The Balaban J connectivity index is 2.40. The van der Waals surface area contributed by atoms with Gasteiger partial charge in [-0.1, -0.05) is 86.0 Å². The maximum absolute atomic E-state index is 5.75. The number of benzene rings is 1. The van der Waals surface area contributed by atoms with Crippen molar-refractivity contribution in [3.05, 3.63) is 47.0 Å². The van der Waals surface area contributed by atoms with Gasteiger partial charge >= 0.3 is 0 Å². The molecule has 0 heterocycles. The van der Waals surface area contributed by atoms with Crippen molar-refractivity contribution < 1.29 is 4.74 Å². The fourth-order valence-electron chi connectivity index (χ4n) is 2.94. The molecular formula is C20H31BrO. The normalized spacial score (nSPS) is 13.8. The monoisotopic (exact) mass is 366 g/mol. The van der Waals surface area contributed by atoms with E-state index < -0.39 is 0 Å². The third-order valence-corrected chi connectivity index (χ3v) is 4.81. The molecule has 0 amide bonds. The van der Waals surface area contributed by atoms with Gasteiger partial charge in [-0.05, 0) is 24.1 Å². The van der Waals surface area contributed by atoms with Gasteiger partial charge in [-0.3, -0.25) is 0 Å². The molecule has 124 valence electrons. The van der Waals surface area contributed by atoms with Crippen LogP contribution in [0.15, 0.2) is 41.4 Å². The van der Waals surface area contributed by atoms with E-state index in [0.717, 1.165) is 10.9 Å². The van der Waals surface area contributed by atoms with Crippen molar-refractivity contribution in [3.8, 4) is 0 Å². The molecule has 0 bridgehead atoms. The summed E-state index contributed by atoms with van der Waals surface area (Å²) in [5.41, 5.74) is 1.23. The quantitative estimate of drug-likeness (QED) is 0.283. The summed E-state index contributed by atoms with van der Waals surface area (Å²) in [4.78, 5) is 0. The van der Waals surface area contributed by atoms with Gasteiger partial charge in [-0.15, -0.1) is 6.58 Å². The number of hydrogen-bond donors (Lipinski definition) is 0. The molecule has 2 atom stereocenters. The van der Waals surface area contributed by atoms with Gasteiger partial charge in [0, 0.05) is 17.5 Å². The van der Waals surface area contributed by atoms with Crippen LogP contribution in [0, 0.1) is 5.92 Å². The van der Waals surface area contributed by atoms with Gasteiger partial charge < -0.3 is 4.74 Å². The molecular weight excluding hydrogens is 336 g/mol. The number of ether oxygens (including phenoxy) is 1. The molecule has 2 heteroatoms. The second-order valence-electron chi connectivity index (χ2n) is 6.02. The highest BCUT2D eigenvalue weighted by Gasteiger charge is 2.19. The third kappa shape index (κ3) is 7.11. The van der Waals surface area contributed by atoms with Gasteiger partial charge in [0.1, 0.15) is 0 Å². The van der Waals surface area contributed by atoms with E-state index in [-0.39, 0.29) is 6.10 Å². The van der Waals surface area contributed by atoms with Crippen molar-refractivity contribution in [3.63, 3.8) is 0 Å². The fraction of sp³-hybridized carbons (Fsp3) is 0.600. The molecule has 0 N–H and O–H groups in total. The minimum absolute atomic E-state index is 0.116. The van der Waals surface area contributed by atoms with Gasteiger partial charge in [0.2, 0.25) is 0 Å². The molecule has 1 aromatic carbocycles. The van der Waals surface area contributed by atoms with Crippen LogP contribution in [-0.4, -0.2) is 7.11 Å². The third-order valence-electron chi connectivity index (χ3n) is 4.29. The van der Waals surface area contributed by atoms with Crippen LogP contribution >= 0.6 is 15.9 Å². The lowest BCUT2D eigenvalue weighted by molar-refractivity contribution is 0.0643. The van der Waals surface area contributed by atoms with Crippen LogP contribution < -0.4 is 0 Å². The van der Waals surface area contributed by atoms with Crippen LogP contribution in [0.4, 0.5) is 0 Å². The minimum Gasteiger partial charge on any atom is -0.376 e.